The fourth-order valence-corrected chi connectivity index (χ4v) is 2.94. The lowest BCUT2D eigenvalue weighted by Crippen LogP contribution is -2.45. The summed E-state index contributed by atoms with van der Waals surface area (Å²) in [5, 5.41) is 3.45. The molecule has 3 aromatic rings. The molecule has 8 heteroatoms. The Morgan fingerprint density at radius 2 is 1.77 bits per heavy atom. The Morgan fingerprint density at radius 3 is 2.50 bits per heavy atom. The molecule has 4 N–H and O–H groups in total. The number of esters is 1. The molecular formula is C22H23N3O5. The molecule has 3 rings (SSSR count). The lowest BCUT2D eigenvalue weighted by Gasteiger charge is -2.19. The van der Waals surface area contributed by atoms with Gasteiger partial charge in [0, 0.05) is 23.5 Å². The number of nitrogens with one attached hydrogen (secondary N) is 2. The Kier molecular flexibility index (Phi) is 6.69. The molecule has 0 aliphatic rings. The van der Waals surface area contributed by atoms with E-state index >= 15 is 0 Å². The van der Waals surface area contributed by atoms with Crippen molar-refractivity contribution in [1.29, 1.82) is 0 Å². The van der Waals surface area contributed by atoms with Crippen LogP contribution in [0.4, 0.5) is 4.79 Å². The molecule has 0 bridgehead atoms. The minimum absolute atomic E-state index is 0.0548. The number of carbonyl (C=O) groups is 3. The van der Waals surface area contributed by atoms with Gasteiger partial charge in [0.25, 0.3) is 5.91 Å². The van der Waals surface area contributed by atoms with E-state index in [0.717, 1.165) is 22.0 Å². The molecule has 0 radical (unpaired) electrons. The maximum atomic E-state index is 12.6. The molecule has 1 aromatic heterocycles. The van der Waals surface area contributed by atoms with Gasteiger partial charge >= 0.3 is 12.1 Å². The maximum Gasteiger partial charge on any atom is 0.408 e. The van der Waals surface area contributed by atoms with Gasteiger partial charge < -0.3 is 25.5 Å². The van der Waals surface area contributed by atoms with Gasteiger partial charge in [-0.25, -0.2) is 9.59 Å². The average molecular weight is 409 g/mol. The first kappa shape index (κ1) is 20.9. The highest BCUT2D eigenvalue weighted by Gasteiger charge is 2.27. The summed E-state index contributed by atoms with van der Waals surface area (Å²) in [4.78, 5) is 39.3. The van der Waals surface area contributed by atoms with Crippen LogP contribution in [0.5, 0.6) is 0 Å². The Balaban J connectivity index is 1.72. The number of para-hydroxylation sites is 1. The van der Waals surface area contributed by atoms with Crippen LogP contribution in [0.15, 0.2) is 60.8 Å². The summed E-state index contributed by atoms with van der Waals surface area (Å²) >= 11 is 0. The zero-order valence-corrected chi connectivity index (χ0v) is 16.5. The highest BCUT2D eigenvalue weighted by molar-refractivity contribution is 5.88. The molecule has 2 atom stereocenters. The molecule has 156 valence electrons. The first-order chi connectivity index (χ1) is 14.4. The number of ether oxygens (including phenoxy) is 2. The quantitative estimate of drug-likeness (QED) is 0.493. The van der Waals surface area contributed by atoms with E-state index in [1.54, 1.807) is 6.20 Å². The van der Waals surface area contributed by atoms with Crippen LogP contribution in [-0.2, 0) is 32.1 Å². The molecule has 0 aliphatic carbocycles. The third-order valence-electron chi connectivity index (χ3n) is 4.58. The Labute approximate surface area is 173 Å². The van der Waals surface area contributed by atoms with Crippen molar-refractivity contribution in [1.82, 2.24) is 10.3 Å². The van der Waals surface area contributed by atoms with Crippen molar-refractivity contribution in [2.75, 3.05) is 0 Å². The lowest BCUT2D eigenvalue weighted by molar-refractivity contribution is -0.155. The molecule has 8 nitrogen and oxygen atoms in total. The smallest absolute Gasteiger partial charge is 0.408 e. The maximum absolute atomic E-state index is 12.6. The lowest BCUT2D eigenvalue weighted by atomic mass is 10.1. The van der Waals surface area contributed by atoms with Crippen LogP contribution in [0.2, 0.25) is 0 Å². The summed E-state index contributed by atoms with van der Waals surface area (Å²) in [7, 11) is 0. The molecule has 2 amide bonds. The highest BCUT2D eigenvalue weighted by Crippen LogP contribution is 2.19. The monoisotopic (exact) mass is 409 g/mol. The number of nitrogens with two attached hydrogens (primary N) is 1. The Hall–Kier alpha value is -3.81. The van der Waals surface area contributed by atoms with E-state index in [-0.39, 0.29) is 13.0 Å². The van der Waals surface area contributed by atoms with Gasteiger partial charge in [-0.05, 0) is 24.1 Å². The summed E-state index contributed by atoms with van der Waals surface area (Å²) in [5.41, 5.74) is 7.69. The summed E-state index contributed by atoms with van der Waals surface area (Å²) in [6, 6.07) is 15.7. The second-order valence-electron chi connectivity index (χ2n) is 6.80. The number of hydrogen-bond donors (Lipinski definition) is 3. The van der Waals surface area contributed by atoms with Crippen LogP contribution in [0.1, 0.15) is 18.1 Å². The fraction of sp³-hybridized carbons (Fsp3) is 0.227. The number of aromatic amines is 1. The van der Waals surface area contributed by atoms with Crippen molar-refractivity contribution >= 4 is 28.9 Å². The number of amides is 2. The van der Waals surface area contributed by atoms with E-state index in [9.17, 15) is 14.4 Å². The number of rotatable bonds is 8. The predicted molar refractivity (Wildman–Crippen MR) is 110 cm³/mol. The highest BCUT2D eigenvalue weighted by atomic mass is 16.6. The fourth-order valence-electron chi connectivity index (χ4n) is 2.94. The second kappa shape index (κ2) is 9.60. The van der Waals surface area contributed by atoms with Crippen molar-refractivity contribution in [2.45, 2.75) is 32.1 Å². The first-order valence-corrected chi connectivity index (χ1v) is 9.46. The molecule has 0 saturated heterocycles. The van der Waals surface area contributed by atoms with Gasteiger partial charge in [0.1, 0.15) is 12.6 Å². The average Bonchev–Trinajstić information content (AvgIpc) is 3.15. The van der Waals surface area contributed by atoms with Gasteiger partial charge in [0.2, 0.25) is 0 Å². The van der Waals surface area contributed by atoms with Gasteiger partial charge in [-0.3, -0.25) is 4.79 Å². The number of carbonyl (C=O) groups excluding carboxylic acids is 3. The number of H-pyrrole nitrogens is 1. The van der Waals surface area contributed by atoms with Crippen LogP contribution in [-0.4, -0.2) is 35.1 Å². The number of benzene rings is 2. The minimum Gasteiger partial charge on any atom is -0.451 e. The standard InChI is InChI=1S/C22H23N3O5/c1-14(20(23)26)30-21(27)19(11-16-12-24-18-10-6-5-9-17(16)18)25-22(28)29-13-15-7-3-2-4-8-15/h2-10,12,14,19,24H,11,13H2,1H3,(H2,23,26)(H,25,28)/t14-,19+/m0/s1. The van der Waals surface area contributed by atoms with Crippen LogP contribution in [0.3, 0.4) is 0 Å². The predicted octanol–water partition coefficient (Wildman–Crippen LogP) is 2.42. The van der Waals surface area contributed by atoms with Crippen molar-refractivity contribution < 1.29 is 23.9 Å². The molecule has 0 unspecified atom stereocenters. The number of hydrogen-bond acceptors (Lipinski definition) is 5. The largest absolute Gasteiger partial charge is 0.451 e. The summed E-state index contributed by atoms with van der Waals surface area (Å²) < 4.78 is 10.3. The van der Waals surface area contributed by atoms with Crippen LogP contribution < -0.4 is 11.1 Å². The van der Waals surface area contributed by atoms with Crippen LogP contribution in [0.25, 0.3) is 10.9 Å². The van der Waals surface area contributed by atoms with E-state index in [1.807, 2.05) is 54.6 Å². The summed E-state index contributed by atoms with van der Waals surface area (Å²) in [6.45, 7) is 1.43. The van der Waals surface area contributed by atoms with E-state index < -0.39 is 30.1 Å². The molecule has 0 fully saturated rings. The van der Waals surface area contributed by atoms with E-state index in [1.165, 1.54) is 6.92 Å². The molecule has 0 aliphatic heterocycles. The number of alkyl carbamates (subject to hydrolysis) is 1. The SMILES string of the molecule is C[C@H](OC(=O)[C@@H](Cc1c[nH]c2ccccc12)NC(=O)OCc1ccccc1)C(N)=O. The number of fused-ring (bicyclic) bond motifs is 1. The number of primary amides is 1. The van der Waals surface area contributed by atoms with Crippen molar-refractivity contribution in [3.63, 3.8) is 0 Å². The van der Waals surface area contributed by atoms with Crippen molar-refractivity contribution in [3.8, 4) is 0 Å². The molecule has 0 spiro atoms. The third-order valence-corrected chi connectivity index (χ3v) is 4.58. The third kappa shape index (κ3) is 5.38. The van der Waals surface area contributed by atoms with Gasteiger partial charge in [-0.1, -0.05) is 48.5 Å². The molecule has 0 saturated carbocycles. The van der Waals surface area contributed by atoms with Crippen molar-refractivity contribution in [2.24, 2.45) is 5.73 Å². The molecule has 1 heterocycles. The molecule has 2 aromatic carbocycles. The van der Waals surface area contributed by atoms with Crippen LogP contribution >= 0.6 is 0 Å². The van der Waals surface area contributed by atoms with E-state index in [4.69, 9.17) is 15.2 Å². The van der Waals surface area contributed by atoms with Gasteiger partial charge in [-0.2, -0.15) is 0 Å². The first-order valence-electron chi connectivity index (χ1n) is 9.46. The Bertz CT molecular complexity index is 1030. The minimum atomic E-state index is -1.12. The topological polar surface area (TPSA) is 124 Å². The van der Waals surface area contributed by atoms with Gasteiger partial charge in [-0.15, -0.1) is 0 Å². The van der Waals surface area contributed by atoms with Gasteiger partial charge in [0.15, 0.2) is 6.10 Å². The van der Waals surface area contributed by atoms with E-state index in [0.29, 0.717) is 0 Å². The van der Waals surface area contributed by atoms with E-state index in [2.05, 4.69) is 10.3 Å². The molecular weight excluding hydrogens is 386 g/mol. The zero-order valence-electron chi connectivity index (χ0n) is 16.5. The van der Waals surface area contributed by atoms with Crippen LogP contribution in [0, 0.1) is 0 Å². The summed E-state index contributed by atoms with van der Waals surface area (Å²) in [6.07, 6.45) is 0.0197. The van der Waals surface area contributed by atoms with Gasteiger partial charge in [0.05, 0.1) is 0 Å². The number of aromatic nitrogens is 1. The Morgan fingerprint density at radius 1 is 1.07 bits per heavy atom. The summed E-state index contributed by atoms with van der Waals surface area (Å²) in [5.74, 6) is -1.55. The second-order valence-corrected chi connectivity index (χ2v) is 6.80. The zero-order chi connectivity index (χ0) is 21.5. The normalized spacial score (nSPS) is 12.7. The van der Waals surface area contributed by atoms with Crippen molar-refractivity contribution in [3.05, 3.63) is 71.9 Å². The molecule has 30 heavy (non-hydrogen) atoms.